The molecule has 0 aliphatic carbocycles. The van der Waals surface area contributed by atoms with Gasteiger partial charge in [-0.25, -0.2) is 4.79 Å². The van der Waals surface area contributed by atoms with Gasteiger partial charge in [-0.1, -0.05) is 146 Å². The molecule has 1 N–H and O–H groups in total. The molecule has 2 aromatic carbocycles. The van der Waals surface area contributed by atoms with E-state index in [1.807, 2.05) is 37.3 Å². The number of halogens is 1. The molecule has 0 heterocycles. The topological polar surface area (TPSA) is 37.3 Å². The maximum atomic E-state index is 11.1. The molecule has 244 valence electrons. The molecule has 0 aliphatic heterocycles. The zero-order valence-electron chi connectivity index (χ0n) is 28.6. The van der Waals surface area contributed by atoms with Gasteiger partial charge in [-0.3, -0.25) is 0 Å². The summed E-state index contributed by atoms with van der Waals surface area (Å²) in [6.45, 7) is 9.31. The van der Waals surface area contributed by atoms with Gasteiger partial charge in [0, 0.05) is 5.02 Å². The SMILES string of the molecule is CCCCCCCCCCCC[N+](C)(C)CCCCCCCCCC.Cc1c(Cl)cccc1Cc1ccccc1C(=O)O. The number of unbranched alkanes of at least 4 members (excludes halogenated alkanes) is 16. The minimum absolute atomic E-state index is 0.344. The number of carboxylic acids is 1. The molecule has 0 spiro atoms. The average Bonchev–Trinajstić information content (AvgIpc) is 2.98. The number of hydrogen-bond donors (Lipinski definition) is 1. The van der Waals surface area contributed by atoms with Crippen LogP contribution >= 0.6 is 11.6 Å². The Morgan fingerprint density at radius 2 is 1.05 bits per heavy atom. The quantitative estimate of drug-likeness (QED) is 0.0998. The molecule has 43 heavy (non-hydrogen) atoms. The normalized spacial score (nSPS) is 11.3. The van der Waals surface area contributed by atoms with E-state index in [0.29, 0.717) is 17.0 Å². The predicted octanol–water partition coefficient (Wildman–Crippen LogP) is 12.1. The van der Waals surface area contributed by atoms with Crippen molar-refractivity contribution < 1.29 is 14.4 Å². The number of carboxylic acid groups (broad SMARTS) is 1. The first kappa shape index (κ1) is 39.2. The smallest absolute Gasteiger partial charge is 0.335 e. The number of quaternary nitrogens is 1. The fourth-order valence-corrected chi connectivity index (χ4v) is 5.94. The number of aromatic carboxylic acids is 1. The third-order valence-electron chi connectivity index (χ3n) is 8.74. The van der Waals surface area contributed by atoms with Crippen LogP contribution in [0.3, 0.4) is 0 Å². The highest BCUT2D eigenvalue weighted by Crippen LogP contribution is 2.23. The number of nitrogens with zero attached hydrogens (tertiary/aromatic N) is 1. The van der Waals surface area contributed by atoms with Crippen molar-refractivity contribution in [3.8, 4) is 0 Å². The van der Waals surface area contributed by atoms with Gasteiger partial charge in [0.05, 0.1) is 32.7 Å². The van der Waals surface area contributed by atoms with Crippen LogP contribution in [0.4, 0.5) is 0 Å². The molecule has 0 fully saturated rings. The van der Waals surface area contributed by atoms with Crippen molar-refractivity contribution in [2.24, 2.45) is 0 Å². The molecule has 0 aliphatic rings. The highest BCUT2D eigenvalue weighted by atomic mass is 35.5. The molecule has 0 saturated carbocycles. The number of rotatable bonds is 23. The molecular formula is C39H65ClNO2+. The molecular weight excluding hydrogens is 550 g/mol. The Kier molecular flexibility index (Phi) is 22.3. The molecule has 2 rings (SSSR count). The third kappa shape index (κ3) is 19.2. The van der Waals surface area contributed by atoms with Crippen molar-refractivity contribution in [3.63, 3.8) is 0 Å². The van der Waals surface area contributed by atoms with Crippen LogP contribution < -0.4 is 0 Å². The van der Waals surface area contributed by atoms with Crippen molar-refractivity contribution in [1.29, 1.82) is 0 Å². The van der Waals surface area contributed by atoms with E-state index >= 15 is 0 Å². The summed E-state index contributed by atoms with van der Waals surface area (Å²) in [5, 5.41) is 9.85. The molecule has 0 bridgehead atoms. The van der Waals surface area contributed by atoms with Crippen molar-refractivity contribution in [2.45, 2.75) is 143 Å². The van der Waals surface area contributed by atoms with Crippen LogP contribution in [-0.4, -0.2) is 42.7 Å². The average molecular weight is 615 g/mol. The first-order valence-electron chi connectivity index (χ1n) is 17.6. The molecule has 2 aromatic rings. The van der Waals surface area contributed by atoms with Crippen LogP contribution in [-0.2, 0) is 6.42 Å². The molecule has 0 unspecified atom stereocenters. The van der Waals surface area contributed by atoms with Crippen LogP contribution in [0.25, 0.3) is 0 Å². The maximum absolute atomic E-state index is 11.1. The largest absolute Gasteiger partial charge is 0.478 e. The van der Waals surface area contributed by atoms with Crippen LogP contribution in [0.1, 0.15) is 156 Å². The van der Waals surface area contributed by atoms with E-state index in [1.165, 1.54) is 133 Å². The predicted molar refractivity (Wildman–Crippen MR) is 189 cm³/mol. The first-order valence-corrected chi connectivity index (χ1v) is 18.0. The van der Waals surface area contributed by atoms with Gasteiger partial charge < -0.3 is 9.59 Å². The van der Waals surface area contributed by atoms with Crippen molar-refractivity contribution in [3.05, 3.63) is 69.7 Å². The summed E-state index contributed by atoms with van der Waals surface area (Å²) >= 11 is 6.07. The van der Waals surface area contributed by atoms with Gasteiger partial charge in [-0.2, -0.15) is 0 Å². The number of hydrogen-bond acceptors (Lipinski definition) is 1. The Morgan fingerprint density at radius 1 is 0.628 bits per heavy atom. The van der Waals surface area contributed by atoms with E-state index in [9.17, 15) is 4.79 Å². The van der Waals surface area contributed by atoms with Crippen molar-refractivity contribution >= 4 is 17.6 Å². The van der Waals surface area contributed by atoms with Gasteiger partial charge in [0.15, 0.2) is 0 Å². The Balaban J connectivity index is 0.000000450. The second-order valence-corrected chi connectivity index (χ2v) is 13.6. The van der Waals surface area contributed by atoms with Crippen molar-refractivity contribution in [1.82, 2.24) is 0 Å². The lowest BCUT2D eigenvalue weighted by molar-refractivity contribution is -0.890. The van der Waals surface area contributed by atoms with E-state index in [-0.39, 0.29) is 0 Å². The van der Waals surface area contributed by atoms with Gasteiger partial charge in [0.1, 0.15) is 0 Å². The minimum Gasteiger partial charge on any atom is -0.478 e. The fourth-order valence-electron chi connectivity index (χ4n) is 5.74. The van der Waals surface area contributed by atoms with Crippen LogP contribution in [0, 0.1) is 6.92 Å². The van der Waals surface area contributed by atoms with E-state index in [0.717, 1.165) is 16.7 Å². The molecule has 0 amide bonds. The van der Waals surface area contributed by atoms with Gasteiger partial charge >= 0.3 is 5.97 Å². The lowest BCUT2D eigenvalue weighted by Crippen LogP contribution is -2.41. The summed E-state index contributed by atoms with van der Waals surface area (Å²) < 4.78 is 1.24. The van der Waals surface area contributed by atoms with E-state index in [1.54, 1.807) is 12.1 Å². The lowest BCUT2D eigenvalue weighted by atomic mass is 9.97. The maximum Gasteiger partial charge on any atom is 0.335 e. The molecule has 0 radical (unpaired) electrons. The molecule has 0 saturated heterocycles. The van der Waals surface area contributed by atoms with Crippen LogP contribution in [0.5, 0.6) is 0 Å². The van der Waals surface area contributed by atoms with E-state index in [2.05, 4.69) is 27.9 Å². The summed E-state index contributed by atoms with van der Waals surface area (Å²) in [5.74, 6) is -0.898. The van der Waals surface area contributed by atoms with Gasteiger partial charge in [-0.15, -0.1) is 0 Å². The summed E-state index contributed by atoms with van der Waals surface area (Å²) in [4.78, 5) is 11.1. The van der Waals surface area contributed by atoms with Gasteiger partial charge in [-0.05, 0) is 67.9 Å². The zero-order valence-corrected chi connectivity index (χ0v) is 29.3. The Morgan fingerprint density at radius 3 is 1.51 bits per heavy atom. The zero-order chi connectivity index (χ0) is 31.8. The Bertz CT molecular complexity index is 987. The highest BCUT2D eigenvalue weighted by molar-refractivity contribution is 6.31. The molecule has 0 atom stereocenters. The standard InChI is InChI=1S/C24H52N.C15H13ClO2/c1-5-7-9-11-13-15-16-18-20-22-24-25(3,4)23-21-19-17-14-12-10-8-6-2;1-10-11(6-4-8-14(10)16)9-12-5-2-3-7-13(12)15(17)18/h5-24H2,1-4H3;2-8H,9H2,1H3,(H,17,18)/q+1;. The minimum atomic E-state index is -0.898. The molecule has 3 nitrogen and oxygen atoms in total. The number of benzene rings is 2. The van der Waals surface area contributed by atoms with Crippen LogP contribution in [0.2, 0.25) is 5.02 Å². The highest BCUT2D eigenvalue weighted by Gasteiger charge is 2.14. The summed E-state index contributed by atoms with van der Waals surface area (Å²) in [5.41, 5.74) is 3.20. The third-order valence-corrected chi connectivity index (χ3v) is 9.15. The Labute approximate surface area is 271 Å². The Hall–Kier alpha value is -1.84. The van der Waals surface area contributed by atoms with Gasteiger partial charge in [0.2, 0.25) is 0 Å². The first-order chi connectivity index (χ1) is 20.7. The van der Waals surface area contributed by atoms with Crippen LogP contribution in [0.15, 0.2) is 42.5 Å². The van der Waals surface area contributed by atoms with Crippen molar-refractivity contribution in [2.75, 3.05) is 27.2 Å². The summed E-state index contributed by atoms with van der Waals surface area (Å²) in [6, 6.07) is 12.7. The van der Waals surface area contributed by atoms with Gasteiger partial charge in [0.25, 0.3) is 0 Å². The fraction of sp³-hybridized carbons (Fsp3) is 0.667. The summed E-state index contributed by atoms with van der Waals surface area (Å²) in [7, 11) is 4.88. The second-order valence-electron chi connectivity index (χ2n) is 13.2. The second kappa shape index (κ2) is 24.5. The van der Waals surface area contributed by atoms with E-state index < -0.39 is 5.97 Å². The van der Waals surface area contributed by atoms with E-state index in [4.69, 9.17) is 16.7 Å². The lowest BCUT2D eigenvalue weighted by Gasteiger charge is -2.30. The monoisotopic (exact) mass is 614 g/mol. The summed E-state index contributed by atoms with van der Waals surface area (Å²) in [6.07, 6.45) is 26.6. The number of carbonyl (C=O) groups is 1. The molecule has 4 heteroatoms. The molecule has 0 aromatic heterocycles.